The molecule has 23 heteroatoms. The molecule has 14 aromatic heterocycles. The number of aromatic nitrogens is 11. The minimum absolute atomic E-state index is 0.454. The predicted octanol–water partition coefficient (Wildman–Crippen LogP) is 15.4. The van der Waals surface area contributed by atoms with Crippen LogP contribution in [0, 0.1) is 55.4 Å². The Morgan fingerprint density at radius 2 is 0.989 bits per heavy atom. The van der Waals surface area contributed by atoms with Crippen LogP contribution in [0.25, 0.3) is 85.7 Å². The number of fused-ring (bicyclic) bond motifs is 8. The van der Waals surface area contributed by atoms with E-state index >= 15 is 0 Å². The van der Waals surface area contributed by atoms with Crippen molar-refractivity contribution in [3.05, 3.63) is 208 Å². The summed E-state index contributed by atoms with van der Waals surface area (Å²) in [6.07, 6.45) is 11.9. The molecule has 16 aromatic rings. The summed E-state index contributed by atoms with van der Waals surface area (Å²) in [7, 11) is 0. The number of nitrogens with two attached hydrogens (primary N) is 7. The minimum atomic E-state index is 0.454. The first-order chi connectivity index (χ1) is 42.7. The van der Waals surface area contributed by atoms with Gasteiger partial charge in [-0.15, -0.1) is 22.7 Å². The number of nitrogens with zero attached hydrogens (tertiary/aromatic N) is 8. The van der Waals surface area contributed by atoms with Crippen LogP contribution in [0.15, 0.2) is 167 Å². The van der Waals surface area contributed by atoms with Gasteiger partial charge in [-0.3, -0.25) is 0 Å². The van der Waals surface area contributed by atoms with Gasteiger partial charge in [0, 0.05) is 95.8 Å². The molecule has 0 fully saturated rings. The molecular formula is C66H67ClN18O2S2. The van der Waals surface area contributed by atoms with E-state index < -0.39 is 0 Å². The second-order valence-electron chi connectivity index (χ2n) is 20.5. The minimum Gasteiger partial charge on any atom is -0.461 e. The number of hydrogen-bond acceptors (Lipinski definition) is 19. The van der Waals surface area contributed by atoms with E-state index in [4.69, 9.17) is 60.6 Å². The quantitative estimate of drug-likeness (QED) is 0.0674. The third-order valence-corrected chi connectivity index (χ3v) is 15.6. The number of aryl methyl sites for hydroxylation is 8. The highest BCUT2D eigenvalue weighted by Crippen LogP contribution is 2.30. The molecule has 0 aliphatic carbocycles. The Hall–Kier alpha value is -10.8. The Bertz CT molecular complexity index is 4250. The Morgan fingerprint density at radius 1 is 0.404 bits per heavy atom. The predicted molar refractivity (Wildman–Crippen MR) is 371 cm³/mol. The zero-order chi connectivity index (χ0) is 63.5. The number of pyridine rings is 7. The van der Waals surface area contributed by atoms with E-state index in [0.717, 1.165) is 93.0 Å². The van der Waals surface area contributed by atoms with Gasteiger partial charge in [-0.1, -0.05) is 41.4 Å². The maximum Gasteiger partial charge on any atom is 0.176 e. The number of nitrogen functional groups attached to an aromatic ring is 7. The summed E-state index contributed by atoms with van der Waals surface area (Å²) in [4.78, 5) is 43.8. The maximum absolute atomic E-state index is 5.87. The molecule has 0 atom stereocenters. The molecular weight excluding hydrogens is 1180 g/mol. The number of aromatic amines is 3. The molecule has 0 amide bonds. The van der Waals surface area contributed by atoms with E-state index in [-0.39, 0.29) is 0 Å². The average molecular weight is 1240 g/mol. The summed E-state index contributed by atoms with van der Waals surface area (Å²) < 4.78 is 13.0. The zero-order valence-corrected chi connectivity index (χ0v) is 52.5. The number of hydrogen-bond donors (Lipinski definition) is 10. The Kier molecular flexibility index (Phi) is 19.8. The molecule has 16 rings (SSSR count). The normalized spacial score (nSPS) is 10.6. The molecule has 0 aliphatic heterocycles. The van der Waals surface area contributed by atoms with Gasteiger partial charge < -0.3 is 63.9 Å². The number of benzene rings is 2. The number of thiophene rings is 2. The van der Waals surface area contributed by atoms with Crippen molar-refractivity contribution < 1.29 is 8.83 Å². The number of halogens is 1. The Morgan fingerprint density at radius 3 is 1.67 bits per heavy atom. The average Bonchev–Trinajstić information content (AvgIpc) is 4.15. The highest BCUT2D eigenvalue weighted by Gasteiger charge is 2.07. The van der Waals surface area contributed by atoms with Gasteiger partial charge in [-0.05, 0) is 163 Å². The topological polar surface area (TPSA) is 359 Å². The van der Waals surface area contributed by atoms with Gasteiger partial charge in [0.25, 0.3) is 0 Å². The van der Waals surface area contributed by atoms with Crippen molar-refractivity contribution >= 4 is 161 Å². The van der Waals surface area contributed by atoms with Crippen LogP contribution in [0.4, 0.5) is 40.7 Å². The van der Waals surface area contributed by atoms with Crippen molar-refractivity contribution in [2.45, 2.75) is 55.4 Å². The lowest BCUT2D eigenvalue weighted by molar-refractivity contribution is 0.578. The first-order valence-electron chi connectivity index (χ1n) is 27.7. The molecule has 452 valence electrons. The molecule has 17 N–H and O–H groups in total. The van der Waals surface area contributed by atoms with E-state index in [1.807, 2.05) is 113 Å². The highest BCUT2D eigenvalue weighted by atomic mass is 35.5. The summed E-state index contributed by atoms with van der Waals surface area (Å²) >= 11 is 9.31. The Labute approximate surface area is 524 Å². The fourth-order valence-electron chi connectivity index (χ4n) is 9.30. The molecule has 2 aromatic carbocycles. The summed E-state index contributed by atoms with van der Waals surface area (Å²) in [5, 5.41) is 9.55. The monoisotopic (exact) mass is 1240 g/mol. The largest absolute Gasteiger partial charge is 0.461 e. The molecule has 0 aliphatic rings. The maximum atomic E-state index is 5.87. The number of H-pyrrole nitrogens is 3. The summed E-state index contributed by atoms with van der Waals surface area (Å²) in [6, 6.07) is 37.7. The number of rotatable bonds is 0. The van der Waals surface area contributed by atoms with Gasteiger partial charge in [-0.25, -0.2) is 39.9 Å². The van der Waals surface area contributed by atoms with E-state index in [1.165, 1.54) is 36.2 Å². The number of anilines is 7. The second-order valence-corrected chi connectivity index (χ2v) is 23.5. The van der Waals surface area contributed by atoms with Crippen molar-refractivity contribution in [1.82, 2.24) is 54.8 Å². The van der Waals surface area contributed by atoms with E-state index in [2.05, 4.69) is 106 Å². The smallest absolute Gasteiger partial charge is 0.176 e. The van der Waals surface area contributed by atoms with Gasteiger partial charge in [0.1, 0.15) is 57.5 Å². The summed E-state index contributed by atoms with van der Waals surface area (Å²) in [5.74, 6) is 6.47. The number of furan rings is 2. The fourth-order valence-corrected chi connectivity index (χ4v) is 11.3. The lowest BCUT2D eigenvalue weighted by atomic mass is 10.1. The number of imidazole rings is 1. The fraction of sp³-hybridized carbons (Fsp3) is 0.121. The van der Waals surface area contributed by atoms with Gasteiger partial charge in [-0.2, -0.15) is 0 Å². The van der Waals surface area contributed by atoms with Crippen molar-refractivity contribution in [3.63, 3.8) is 0 Å². The van der Waals surface area contributed by atoms with Crippen LogP contribution >= 0.6 is 34.3 Å². The summed E-state index contributed by atoms with van der Waals surface area (Å²) in [6.45, 7) is 15.9. The SMILES string of the molecule is Cc1cc2c(N)nccc2[nH]1.Cc1cc2c(N)nccc2o1.Cc1cc2c(N)nccc2s1.Cc1cc2ccnc(N)c2[nH]1.Cc1cc2ccnc(N)c2o1.Cc1cc2ccnc(N)c2s1.Cc1ccc2ccc(Cl)cc2c1.Cc1nc2c(N)nccc2[nH]1. The van der Waals surface area contributed by atoms with E-state index in [0.29, 0.717) is 46.3 Å². The lowest BCUT2D eigenvalue weighted by Crippen LogP contribution is -1.89. The summed E-state index contributed by atoms with van der Waals surface area (Å²) in [5.41, 5.74) is 48.0. The van der Waals surface area contributed by atoms with Crippen molar-refractivity contribution in [2.75, 3.05) is 40.1 Å². The molecule has 0 bridgehead atoms. The Balaban J connectivity index is 0.000000121. The third kappa shape index (κ3) is 16.0. The molecule has 89 heavy (non-hydrogen) atoms. The first-order valence-corrected chi connectivity index (χ1v) is 29.7. The lowest BCUT2D eigenvalue weighted by Gasteiger charge is -1.98. The molecule has 20 nitrogen and oxygen atoms in total. The number of nitrogens with one attached hydrogen (secondary N) is 3. The van der Waals surface area contributed by atoms with Gasteiger partial charge in [0.2, 0.25) is 0 Å². The van der Waals surface area contributed by atoms with Crippen LogP contribution in [-0.4, -0.2) is 54.8 Å². The van der Waals surface area contributed by atoms with Crippen molar-refractivity contribution in [2.24, 2.45) is 0 Å². The van der Waals surface area contributed by atoms with Crippen LogP contribution in [-0.2, 0) is 0 Å². The van der Waals surface area contributed by atoms with Crippen LogP contribution in [0.2, 0.25) is 5.02 Å². The standard InChI is InChI=1S/C11H9Cl.2C8H9N3.2C8H8N2O.2C8H8N2S.C7H8N4/c1-8-2-3-9-4-5-11(12)7-10(9)6-8;1-5-4-6-7(11-5)2-3-10-8(6)9;1-5-4-6-2-3-10-8(9)7(6)11-5;1-5-4-6-7(11-5)2-3-10-8(6)9;1-5-4-6-2-3-10-8(9)7(6)11-5;1-5-4-6-7(11-5)2-3-10-8(6)9;1-5-4-6-2-3-10-8(9)7(6)11-5;1-4-10-5-2-3-9-7(8)6(5)11-4/h2-7H,1H3;2*2-4,11H,1H3,(H2,9,10);4*2-4H,1H3,(H2,9,10);2-3H,1H3,(H2,8,9)(H,10,11). The van der Waals surface area contributed by atoms with Crippen LogP contribution in [0.3, 0.4) is 0 Å². The second kappa shape index (κ2) is 28.1. The molecule has 0 saturated heterocycles. The zero-order valence-electron chi connectivity index (χ0n) is 50.1. The molecule has 0 unspecified atom stereocenters. The van der Waals surface area contributed by atoms with Gasteiger partial charge in [0.15, 0.2) is 17.2 Å². The first kappa shape index (κ1) is 62.7. The highest BCUT2D eigenvalue weighted by molar-refractivity contribution is 7.19. The third-order valence-electron chi connectivity index (χ3n) is 13.3. The molecule has 14 heterocycles. The molecule has 0 saturated carbocycles. The van der Waals surface area contributed by atoms with Crippen LogP contribution in [0.1, 0.15) is 44.1 Å². The van der Waals surface area contributed by atoms with Crippen molar-refractivity contribution in [3.8, 4) is 0 Å². The van der Waals surface area contributed by atoms with Crippen LogP contribution in [0.5, 0.6) is 0 Å². The van der Waals surface area contributed by atoms with Gasteiger partial charge >= 0.3 is 0 Å². The van der Waals surface area contributed by atoms with E-state index in [1.54, 1.807) is 72.1 Å². The van der Waals surface area contributed by atoms with Crippen molar-refractivity contribution in [1.29, 1.82) is 0 Å². The molecule has 0 radical (unpaired) electrons. The van der Waals surface area contributed by atoms with Crippen LogP contribution < -0.4 is 40.1 Å². The van der Waals surface area contributed by atoms with Gasteiger partial charge in [0.05, 0.1) is 26.6 Å². The molecule has 0 spiro atoms. The van der Waals surface area contributed by atoms with E-state index in [9.17, 15) is 0 Å².